The van der Waals surface area contributed by atoms with Crippen LogP contribution in [0.15, 0.2) is 59.8 Å². The molecule has 0 spiro atoms. The number of para-hydroxylation sites is 1. The summed E-state index contributed by atoms with van der Waals surface area (Å²) in [7, 11) is 0. The molecule has 0 aliphatic heterocycles. The van der Waals surface area contributed by atoms with E-state index in [2.05, 4.69) is 25.3 Å². The van der Waals surface area contributed by atoms with Crippen molar-refractivity contribution in [1.29, 1.82) is 0 Å². The Morgan fingerprint density at radius 2 is 1.93 bits per heavy atom. The van der Waals surface area contributed by atoms with Gasteiger partial charge < -0.3 is 5.32 Å². The summed E-state index contributed by atoms with van der Waals surface area (Å²) in [5.41, 5.74) is 11.0. The van der Waals surface area contributed by atoms with Crippen molar-refractivity contribution in [3.05, 3.63) is 70.7 Å². The van der Waals surface area contributed by atoms with E-state index in [0.717, 1.165) is 35.9 Å². The highest BCUT2D eigenvalue weighted by Crippen LogP contribution is 2.23. The minimum atomic E-state index is -0.124. The summed E-state index contributed by atoms with van der Waals surface area (Å²) < 4.78 is 0. The first-order valence-corrected chi connectivity index (χ1v) is 8.90. The van der Waals surface area contributed by atoms with Gasteiger partial charge in [0.25, 0.3) is 5.91 Å². The van der Waals surface area contributed by atoms with Crippen LogP contribution in [0.5, 0.6) is 0 Å². The smallest absolute Gasteiger partial charge is 0.252 e. The van der Waals surface area contributed by atoms with Crippen molar-refractivity contribution in [1.82, 2.24) is 15.3 Å². The van der Waals surface area contributed by atoms with Gasteiger partial charge in [0.05, 0.1) is 22.5 Å². The molecular weight excluding hydrogens is 340 g/mol. The van der Waals surface area contributed by atoms with Gasteiger partial charge in [0, 0.05) is 29.6 Å². The first-order chi connectivity index (χ1) is 13.3. The molecular formula is C20H20N6O. The van der Waals surface area contributed by atoms with Crippen LogP contribution in [-0.4, -0.2) is 29.0 Å². The lowest BCUT2D eigenvalue weighted by Crippen LogP contribution is -2.25. The highest BCUT2D eigenvalue weighted by molar-refractivity contribution is 6.07. The molecule has 0 saturated carbocycles. The molecule has 0 saturated heterocycles. The third-order valence-electron chi connectivity index (χ3n) is 4.17. The average molecular weight is 360 g/mol. The molecule has 0 unspecified atom stereocenters. The van der Waals surface area contributed by atoms with Crippen molar-refractivity contribution in [2.45, 2.75) is 19.3 Å². The Bertz CT molecular complexity index is 967. The van der Waals surface area contributed by atoms with Crippen LogP contribution in [0.1, 0.15) is 29.6 Å². The maximum absolute atomic E-state index is 12.8. The van der Waals surface area contributed by atoms with Gasteiger partial charge in [0.2, 0.25) is 0 Å². The van der Waals surface area contributed by atoms with Crippen molar-refractivity contribution < 1.29 is 4.79 Å². The SMILES string of the molecule is [N-]=[N+]=NCCCCCNC(=O)c1cc(-c2ccccn2)nc2ccccc12. The summed E-state index contributed by atoms with van der Waals surface area (Å²) >= 11 is 0. The van der Waals surface area contributed by atoms with Gasteiger partial charge in [-0.15, -0.1) is 0 Å². The summed E-state index contributed by atoms with van der Waals surface area (Å²) in [6.45, 7) is 1.07. The van der Waals surface area contributed by atoms with Crippen LogP contribution in [0, 0.1) is 0 Å². The number of nitrogens with one attached hydrogen (secondary N) is 1. The van der Waals surface area contributed by atoms with E-state index in [9.17, 15) is 4.79 Å². The molecule has 7 nitrogen and oxygen atoms in total. The van der Waals surface area contributed by atoms with Crippen molar-refractivity contribution >= 4 is 16.8 Å². The van der Waals surface area contributed by atoms with Crippen molar-refractivity contribution in [3.8, 4) is 11.4 Å². The Morgan fingerprint density at radius 3 is 2.74 bits per heavy atom. The lowest BCUT2D eigenvalue weighted by molar-refractivity contribution is 0.0954. The molecule has 0 aliphatic carbocycles. The lowest BCUT2D eigenvalue weighted by atomic mass is 10.1. The fraction of sp³-hybridized carbons (Fsp3) is 0.250. The standard InChI is InChI=1S/C20H20N6O/c21-26-24-13-6-1-5-12-23-20(27)16-14-19(18-10-4-7-11-22-18)25-17-9-3-2-8-15(16)17/h2-4,7-11,14H,1,5-6,12-13H2,(H,23,27). The molecule has 1 amide bonds. The van der Waals surface area contributed by atoms with Crippen LogP contribution in [0.25, 0.3) is 32.7 Å². The quantitative estimate of drug-likeness (QED) is 0.276. The highest BCUT2D eigenvalue weighted by Gasteiger charge is 2.13. The van der Waals surface area contributed by atoms with E-state index in [1.54, 1.807) is 12.3 Å². The molecule has 136 valence electrons. The van der Waals surface area contributed by atoms with Gasteiger partial charge in [0.1, 0.15) is 0 Å². The monoisotopic (exact) mass is 360 g/mol. The zero-order chi connectivity index (χ0) is 18.9. The third kappa shape index (κ3) is 4.80. The second kappa shape index (κ2) is 9.31. The molecule has 0 bridgehead atoms. The van der Waals surface area contributed by atoms with Crippen LogP contribution in [0.3, 0.4) is 0 Å². The number of carbonyl (C=O) groups is 1. The number of hydrogen-bond acceptors (Lipinski definition) is 4. The Labute approximate surface area is 157 Å². The maximum Gasteiger partial charge on any atom is 0.252 e. The molecule has 0 aliphatic rings. The van der Waals surface area contributed by atoms with E-state index in [-0.39, 0.29) is 5.91 Å². The first kappa shape index (κ1) is 18.4. The number of benzene rings is 1. The van der Waals surface area contributed by atoms with Crippen LogP contribution < -0.4 is 5.32 Å². The van der Waals surface area contributed by atoms with E-state index in [0.29, 0.717) is 24.3 Å². The number of azide groups is 1. The summed E-state index contributed by atoms with van der Waals surface area (Å²) in [5.74, 6) is -0.124. The molecule has 27 heavy (non-hydrogen) atoms. The number of carbonyl (C=O) groups excluding carboxylic acids is 1. The summed E-state index contributed by atoms with van der Waals surface area (Å²) in [6.07, 6.45) is 4.27. The zero-order valence-electron chi connectivity index (χ0n) is 14.9. The molecule has 2 heterocycles. The summed E-state index contributed by atoms with van der Waals surface area (Å²) in [6, 6.07) is 15.0. The highest BCUT2D eigenvalue weighted by atomic mass is 16.1. The Kier molecular flexibility index (Phi) is 6.33. The second-order valence-corrected chi connectivity index (χ2v) is 6.06. The van der Waals surface area contributed by atoms with E-state index >= 15 is 0 Å². The van der Waals surface area contributed by atoms with Crippen LogP contribution in [-0.2, 0) is 0 Å². The van der Waals surface area contributed by atoms with Crippen molar-refractivity contribution in [2.75, 3.05) is 13.1 Å². The van der Waals surface area contributed by atoms with E-state index < -0.39 is 0 Å². The van der Waals surface area contributed by atoms with Gasteiger partial charge in [0.15, 0.2) is 0 Å². The van der Waals surface area contributed by atoms with Gasteiger partial charge in [-0.25, -0.2) is 4.98 Å². The fourth-order valence-corrected chi connectivity index (χ4v) is 2.83. The van der Waals surface area contributed by atoms with Gasteiger partial charge in [-0.1, -0.05) is 35.8 Å². The number of pyridine rings is 2. The first-order valence-electron chi connectivity index (χ1n) is 8.90. The van der Waals surface area contributed by atoms with Crippen molar-refractivity contribution in [3.63, 3.8) is 0 Å². The second-order valence-electron chi connectivity index (χ2n) is 6.06. The molecule has 0 atom stereocenters. The normalized spacial score (nSPS) is 10.4. The lowest BCUT2D eigenvalue weighted by Gasteiger charge is -2.10. The minimum Gasteiger partial charge on any atom is -0.352 e. The van der Waals surface area contributed by atoms with Gasteiger partial charge in [-0.2, -0.15) is 0 Å². The van der Waals surface area contributed by atoms with Crippen LogP contribution >= 0.6 is 0 Å². The zero-order valence-corrected chi connectivity index (χ0v) is 14.9. The fourth-order valence-electron chi connectivity index (χ4n) is 2.83. The number of amides is 1. The summed E-state index contributed by atoms with van der Waals surface area (Å²) in [5, 5.41) is 7.29. The number of unbranched alkanes of at least 4 members (excludes halogenated alkanes) is 2. The largest absolute Gasteiger partial charge is 0.352 e. The number of fused-ring (bicyclic) bond motifs is 1. The Morgan fingerprint density at radius 1 is 1.07 bits per heavy atom. The van der Waals surface area contributed by atoms with E-state index in [1.807, 2.05) is 42.5 Å². The Balaban J connectivity index is 1.76. The molecule has 0 fully saturated rings. The predicted molar refractivity (Wildman–Crippen MR) is 105 cm³/mol. The maximum atomic E-state index is 12.8. The molecule has 7 heteroatoms. The number of rotatable bonds is 8. The van der Waals surface area contributed by atoms with E-state index in [4.69, 9.17) is 5.53 Å². The molecule has 1 N–H and O–H groups in total. The number of hydrogen-bond donors (Lipinski definition) is 1. The third-order valence-corrected chi connectivity index (χ3v) is 4.17. The average Bonchev–Trinajstić information content (AvgIpc) is 2.72. The van der Waals surface area contributed by atoms with Gasteiger partial charge >= 0.3 is 0 Å². The minimum absolute atomic E-state index is 0.124. The topological polar surface area (TPSA) is 104 Å². The number of aromatic nitrogens is 2. The van der Waals surface area contributed by atoms with Gasteiger partial charge in [-0.3, -0.25) is 9.78 Å². The predicted octanol–water partition coefficient (Wildman–Crippen LogP) is 4.51. The molecule has 3 rings (SSSR count). The van der Waals surface area contributed by atoms with Gasteiger partial charge in [-0.05, 0) is 42.6 Å². The van der Waals surface area contributed by atoms with Crippen molar-refractivity contribution in [2.24, 2.45) is 5.11 Å². The molecule has 0 radical (unpaired) electrons. The summed E-state index contributed by atoms with van der Waals surface area (Å²) in [4.78, 5) is 24.5. The van der Waals surface area contributed by atoms with Crippen LogP contribution in [0.4, 0.5) is 0 Å². The molecule has 2 aromatic heterocycles. The molecule has 1 aromatic carbocycles. The molecule has 3 aromatic rings. The number of nitrogens with zero attached hydrogens (tertiary/aromatic N) is 5. The van der Waals surface area contributed by atoms with Crippen LogP contribution in [0.2, 0.25) is 0 Å². The van der Waals surface area contributed by atoms with E-state index in [1.165, 1.54) is 0 Å². The Hall–Kier alpha value is -3.44.